The number of carbonyl (C=O) groups excluding carboxylic acids is 1. The van der Waals surface area contributed by atoms with Gasteiger partial charge in [0.25, 0.3) is 0 Å². The van der Waals surface area contributed by atoms with Gasteiger partial charge in [0.1, 0.15) is 11.4 Å². The minimum Gasteiger partial charge on any atom is -0.426 e. The molecular formula is C16H18O3. The van der Waals surface area contributed by atoms with Gasteiger partial charge in [-0.3, -0.25) is 4.79 Å². The van der Waals surface area contributed by atoms with Gasteiger partial charge < -0.3 is 9.84 Å². The maximum Gasteiger partial charge on any atom is 0.317 e. The Hall–Kier alpha value is -1.35. The molecule has 2 fully saturated rings. The molecule has 0 saturated heterocycles. The number of aliphatic hydroxyl groups is 1. The van der Waals surface area contributed by atoms with E-state index in [-0.39, 0.29) is 17.8 Å². The lowest BCUT2D eigenvalue weighted by molar-refractivity contribution is -0.226. The molecule has 19 heavy (non-hydrogen) atoms. The highest BCUT2D eigenvalue weighted by atomic mass is 16.5. The van der Waals surface area contributed by atoms with Crippen LogP contribution in [0.15, 0.2) is 24.3 Å². The standard InChI is InChI=1S/C16H18O3/c17-15-14-10-6-2-1-3-7-11(10)16(14,18)12-8-4-5-9-13(12)19-15/h4-5,8-11,14,18H,1-3,6-7H2/t10-,11-,14-,16-/m1/s1. The van der Waals surface area contributed by atoms with E-state index in [2.05, 4.69) is 0 Å². The van der Waals surface area contributed by atoms with E-state index in [1.54, 1.807) is 6.07 Å². The van der Waals surface area contributed by atoms with Crippen LogP contribution in [-0.2, 0) is 10.4 Å². The molecule has 4 rings (SSSR count). The summed E-state index contributed by atoms with van der Waals surface area (Å²) in [6.07, 6.45) is 5.62. The summed E-state index contributed by atoms with van der Waals surface area (Å²) < 4.78 is 5.42. The topological polar surface area (TPSA) is 46.5 Å². The summed E-state index contributed by atoms with van der Waals surface area (Å²) in [5, 5.41) is 11.2. The van der Waals surface area contributed by atoms with Crippen molar-refractivity contribution in [2.24, 2.45) is 17.8 Å². The van der Waals surface area contributed by atoms with Crippen molar-refractivity contribution in [3.05, 3.63) is 29.8 Å². The minimum atomic E-state index is -0.971. The molecule has 3 aliphatic rings. The number of para-hydroxylation sites is 1. The molecule has 0 spiro atoms. The van der Waals surface area contributed by atoms with Gasteiger partial charge >= 0.3 is 5.97 Å². The van der Waals surface area contributed by atoms with Gasteiger partial charge in [-0.05, 0) is 30.7 Å². The van der Waals surface area contributed by atoms with Crippen molar-refractivity contribution >= 4 is 5.97 Å². The Morgan fingerprint density at radius 1 is 1.16 bits per heavy atom. The molecule has 1 aromatic rings. The Kier molecular flexibility index (Phi) is 2.31. The third kappa shape index (κ3) is 1.34. The molecule has 1 N–H and O–H groups in total. The minimum absolute atomic E-state index is 0.231. The van der Waals surface area contributed by atoms with E-state index in [4.69, 9.17) is 4.74 Å². The van der Waals surface area contributed by atoms with Crippen molar-refractivity contribution in [2.45, 2.75) is 37.7 Å². The van der Waals surface area contributed by atoms with Gasteiger partial charge in [-0.2, -0.15) is 0 Å². The Labute approximate surface area is 112 Å². The molecule has 0 radical (unpaired) electrons. The second-order valence-corrected chi connectivity index (χ2v) is 6.13. The smallest absolute Gasteiger partial charge is 0.317 e. The second-order valence-electron chi connectivity index (χ2n) is 6.13. The van der Waals surface area contributed by atoms with E-state index in [1.807, 2.05) is 18.2 Å². The van der Waals surface area contributed by atoms with Gasteiger partial charge in [0, 0.05) is 5.56 Å². The molecule has 100 valence electrons. The Morgan fingerprint density at radius 2 is 1.95 bits per heavy atom. The number of rotatable bonds is 0. The van der Waals surface area contributed by atoms with Crippen molar-refractivity contribution in [3.63, 3.8) is 0 Å². The number of hydrogen-bond acceptors (Lipinski definition) is 3. The molecule has 1 aliphatic heterocycles. The summed E-state index contributed by atoms with van der Waals surface area (Å²) in [4.78, 5) is 12.2. The van der Waals surface area contributed by atoms with Crippen LogP contribution in [0.3, 0.4) is 0 Å². The molecule has 3 heteroatoms. The number of carbonyl (C=O) groups is 1. The zero-order valence-corrected chi connectivity index (χ0v) is 10.8. The van der Waals surface area contributed by atoms with E-state index >= 15 is 0 Å². The van der Waals surface area contributed by atoms with Gasteiger partial charge in [-0.15, -0.1) is 0 Å². The SMILES string of the molecule is O=C1Oc2ccccc2[C@]2(O)[C@@H]3CCCCC[C@H]3[C@H]12. The van der Waals surface area contributed by atoms with Crippen LogP contribution in [0.5, 0.6) is 5.75 Å². The molecule has 3 nitrogen and oxygen atoms in total. The van der Waals surface area contributed by atoms with Crippen LogP contribution in [0, 0.1) is 17.8 Å². The van der Waals surface area contributed by atoms with Gasteiger partial charge in [0.2, 0.25) is 0 Å². The fraction of sp³-hybridized carbons (Fsp3) is 0.562. The van der Waals surface area contributed by atoms with E-state index in [0.29, 0.717) is 11.7 Å². The van der Waals surface area contributed by atoms with Crippen LogP contribution in [0.4, 0.5) is 0 Å². The lowest BCUT2D eigenvalue weighted by Gasteiger charge is -2.59. The first-order valence-electron chi connectivity index (χ1n) is 7.26. The summed E-state index contributed by atoms with van der Waals surface area (Å²) in [6, 6.07) is 7.46. The largest absolute Gasteiger partial charge is 0.426 e. The van der Waals surface area contributed by atoms with E-state index in [1.165, 1.54) is 12.8 Å². The molecule has 0 aromatic heterocycles. The maximum atomic E-state index is 12.2. The van der Waals surface area contributed by atoms with Gasteiger partial charge in [-0.25, -0.2) is 0 Å². The van der Waals surface area contributed by atoms with Gasteiger partial charge in [0.05, 0.1) is 5.92 Å². The number of fused-ring (bicyclic) bond motifs is 6. The summed E-state index contributed by atoms with van der Waals surface area (Å²) in [7, 11) is 0. The first-order valence-corrected chi connectivity index (χ1v) is 7.26. The fourth-order valence-corrected chi connectivity index (χ4v) is 4.50. The second kappa shape index (κ2) is 3.83. The number of benzene rings is 1. The summed E-state index contributed by atoms with van der Waals surface area (Å²) >= 11 is 0. The van der Waals surface area contributed by atoms with E-state index in [9.17, 15) is 9.90 Å². The zero-order chi connectivity index (χ0) is 13.0. The van der Waals surface area contributed by atoms with Crippen LogP contribution in [-0.4, -0.2) is 11.1 Å². The quantitative estimate of drug-likeness (QED) is 0.575. The fourth-order valence-electron chi connectivity index (χ4n) is 4.50. The van der Waals surface area contributed by atoms with Crippen LogP contribution in [0.2, 0.25) is 0 Å². The zero-order valence-electron chi connectivity index (χ0n) is 10.8. The summed E-state index contributed by atoms with van der Waals surface area (Å²) in [5.74, 6) is 0.520. The molecule has 0 unspecified atom stereocenters. The third-order valence-corrected chi connectivity index (χ3v) is 5.32. The summed E-state index contributed by atoms with van der Waals surface area (Å²) in [5.41, 5.74) is -0.149. The molecule has 1 heterocycles. The van der Waals surface area contributed by atoms with Crippen molar-refractivity contribution in [1.82, 2.24) is 0 Å². The van der Waals surface area contributed by atoms with Crippen LogP contribution < -0.4 is 4.74 Å². The molecule has 0 bridgehead atoms. The highest BCUT2D eigenvalue weighted by Gasteiger charge is 2.67. The maximum absolute atomic E-state index is 12.2. The Balaban J connectivity index is 1.83. The van der Waals surface area contributed by atoms with E-state index < -0.39 is 5.60 Å². The summed E-state index contributed by atoms with van der Waals surface area (Å²) in [6.45, 7) is 0. The predicted molar refractivity (Wildman–Crippen MR) is 69.5 cm³/mol. The van der Waals surface area contributed by atoms with Crippen LogP contribution in [0.25, 0.3) is 0 Å². The van der Waals surface area contributed by atoms with Crippen molar-refractivity contribution in [1.29, 1.82) is 0 Å². The average Bonchev–Trinajstić information content (AvgIpc) is 2.61. The molecule has 1 aromatic carbocycles. The third-order valence-electron chi connectivity index (χ3n) is 5.32. The van der Waals surface area contributed by atoms with Gasteiger partial charge in [-0.1, -0.05) is 37.5 Å². The number of esters is 1. The van der Waals surface area contributed by atoms with E-state index in [0.717, 1.165) is 24.8 Å². The van der Waals surface area contributed by atoms with Crippen LogP contribution in [0.1, 0.15) is 37.7 Å². The lowest BCUT2D eigenvalue weighted by Crippen LogP contribution is -2.65. The average molecular weight is 258 g/mol. The Bertz CT molecular complexity index is 539. The van der Waals surface area contributed by atoms with Crippen molar-refractivity contribution in [2.75, 3.05) is 0 Å². The lowest BCUT2D eigenvalue weighted by atomic mass is 9.49. The molecule has 2 aliphatic carbocycles. The highest BCUT2D eigenvalue weighted by Crippen LogP contribution is 2.63. The first-order chi connectivity index (χ1) is 9.23. The predicted octanol–water partition coefficient (Wildman–Crippen LogP) is 2.62. The van der Waals surface area contributed by atoms with Crippen molar-refractivity contribution < 1.29 is 14.6 Å². The highest BCUT2D eigenvalue weighted by molar-refractivity contribution is 5.82. The molecule has 0 amide bonds. The monoisotopic (exact) mass is 258 g/mol. The number of hydrogen-bond donors (Lipinski definition) is 1. The number of ether oxygens (including phenoxy) is 1. The Morgan fingerprint density at radius 3 is 2.84 bits per heavy atom. The first kappa shape index (κ1) is 11.5. The van der Waals surface area contributed by atoms with Crippen molar-refractivity contribution in [3.8, 4) is 5.75 Å². The molecule has 4 atom stereocenters. The molecule has 2 saturated carbocycles. The van der Waals surface area contributed by atoms with Gasteiger partial charge in [0.15, 0.2) is 0 Å². The normalized spacial score (nSPS) is 40.1. The van der Waals surface area contributed by atoms with Crippen LogP contribution >= 0.6 is 0 Å². The molecular weight excluding hydrogens is 240 g/mol.